The number of methoxy groups -OCH3 is 1. The van der Waals surface area contributed by atoms with Crippen LogP contribution in [0.4, 0.5) is 5.69 Å². The summed E-state index contributed by atoms with van der Waals surface area (Å²) in [5, 5.41) is 10.3. The summed E-state index contributed by atoms with van der Waals surface area (Å²) in [6, 6.07) is 9.61. The molecule has 5 nitrogen and oxygen atoms in total. The van der Waals surface area contributed by atoms with Crippen molar-refractivity contribution in [3.63, 3.8) is 0 Å². The second kappa shape index (κ2) is 4.84. The van der Waals surface area contributed by atoms with Crippen molar-refractivity contribution in [3.05, 3.63) is 41.7 Å². The number of aromatic amines is 1. The molecule has 5 heteroatoms. The first-order valence-electron chi connectivity index (χ1n) is 6.47. The van der Waals surface area contributed by atoms with Crippen LogP contribution in [0.1, 0.15) is 11.3 Å². The molecule has 0 fully saturated rings. The normalized spacial score (nSPS) is 10.5. The molecular formula is C16H14N4O. The molecule has 21 heavy (non-hydrogen) atoms. The van der Waals surface area contributed by atoms with Crippen LogP contribution in [-0.4, -0.2) is 17.1 Å². The van der Waals surface area contributed by atoms with Gasteiger partial charge in [-0.1, -0.05) is 0 Å². The molecule has 0 aliphatic rings. The SMILES string of the molecule is COc1ccc2c(-c3ccc(N)c(C)n3)c[nH]c2c1C#N. The van der Waals surface area contributed by atoms with E-state index in [0.717, 1.165) is 27.9 Å². The molecule has 0 bridgehead atoms. The number of pyridine rings is 1. The molecule has 0 saturated heterocycles. The quantitative estimate of drug-likeness (QED) is 0.754. The van der Waals surface area contributed by atoms with Crippen LogP contribution in [0.2, 0.25) is 0 Å². The third-order valence-electron chi connectivity index (χ3n) is 3.55. The van der Waals surface area contributed by atoms with Crippen LogP contribution in [0, 0.1) is 18.3 Å². The van der Waals surface area contributed by atoms with Crippen molar-refractivity contribution in [2.24, 2.45) is 0 Å². The zero-order valence-corrected chi connectivity index (χ0v) is 11.8. The molecule has 0 atom stereocenters. The van der Waals surface area contributed by atoms with Crippen molar-refractivity contribution in [2.75, 3.05) is 12.8 Å². The number of nitrogens with two attached hydrogens (primary N) is 1. The molecule has 2 aromatic heterocycles. The molecule has 0 saturated carbocycles. The van der Waals surface area contributed by atoms with Gasteiger partial charge < -0.3 is 15.5 Å². The van der Waals surface area contributed by atoms with Gasteiger partial charge in [0.15, 0.2) is 0 Å². The molecule has 2 heterocycles. The zero-order valence-electron chi connectivity index (χ0n) is 11.8. The zero-order chi connectivity index (χ0) is 15.0. The molecule has 0 spiro atoms. The van der Waals surface area contributed by atoms with E-state index in [4.69, 9.17) is 10.5 Å². The number of aryl methyl sites for hydroxylation is 1. The van der Waals surface area contributed by atoms with Gasteiger partial charge in [-0.3, -0.25) is 4.98 Å². The van der Waals surface area contributed by atoms with E-state index in [1.165, 1.54) is 0 Å². The van der Waals surface area contributed by atoms with Gasteiger partial charge >= 0.3 is 0 Å². The van der Waals surface area contributed by atoms with Crippen molar-refractivity contribution < 1.29 is 4.74 Å². The highest BCUT2D eigenvalue weighted by Crippen LogP contribution is 2.33. The minimum atomic E-state index is 0.494. The average Bonchev–Trinajstić information content (AvgIpc) is 2.92. The lowest BCUT2D eigenvalue weighted by Gasteiger charge is -2.05. The number of anilines is 1. The van der Waals surface area contributed by atoms with Gasteiger partial charge in [0.1, 0.15) is 17.4 Å². The summed E-state index contributed by atoms with van der Waals surface area (Å²) < 4.78 is 5.22. The molecule has 1 aromatic carbocycles. The second-order valence-electron chi connectivity index (χ2n) is 4.75. The lowest BCUT2D eigenvalue weighted by atomic mass is 10.1. The minimum absolute atomic E-state index is 0.494. The standard InChI is InChI=1S/C16H14N4O/c1-9-13(18)4-5-14(20-9)12-8-19-16-10(12)3-6-15(21-2)11(16)7-17/h3-6,8,19H,18H2,1-2H3. The number of benzene rings is 1. The molecule has 3 N–H and O–H groups in total. The molecule has 3 rings (SSSR count). The van der Waals surface area contributed by atoms with Gasteiger partial charge in [0, 0.05) is 17.1 Å². The maximum absolute atomic E-state index is 9.33. The monoisotopic (exact) mass is 278 g/mol. The molecule has 104 valence electrons. The van der Waals surface area contributed by atoms with Crippen LogP contribution in [0.25, 0.3) is 22.2 Å². The van der Waals surface area contributed by atoms with Crippen LogP contribution in [0.3, 0.4) is 0 Å². The molecule has 0 aliphatic heterocycles. The number of nitriles is 1. The predicted molar refractivity (Wildman–Crippen MR) is 81.9 cm³/mol. The largest absolute Gasteiger partial charge is 0.495 e. The molecular weight excluding hydrogens is 264 g/mol. The summed E-state index contributed by atoms with van der Waals surface area (Å²) in [7, 11) is 1.55. The highest BCUT2D eigenvalue weighted by Gasteiger charge is 2.14. The summed E-state index contributed by atoms with van der Waals surface area (Å²) in [6.07, 6.45) is 1.85. The van der Waals surface area contributed by atoms with Crippen molar-refractivity contribution in [1.82, 2.24) is 9.97 Å². The average molecular weight is 278 g/mol. The van der Waals surface area contributed by atoms with E-state index in [1.807, 2.05) is 31.3 Å². The number of nitrogens with one attached hydrogen (secondary N) is 1. The number of nitrogens with zero attached hydrogens (tertiary/aromatic N) is 2. The Hall–Kier alpha value is -3.00. The van der Waals surface area contributed by atoms with E-state index in [0.29, 0.717) is 17.0 Å². The number of nitrogen functional groups attached to an aromatic ring is 1. The van der Waals surface area contributed by atoms with Crippen molar-refractivity contribution in [2.45, 2.75) is 6.92 Å². The minimum Gasteiger partial charge on any atom is -0.495 e. The van der Waals surface area contributed by atoms with Gasteiger partial charge in [-0.2, -0.15) is 5.26 Å². The van der Waals surface area contributed by atoms with Crippen LogP contribution < -0.4 is 10.5 Å². The van der Waals surface area contributed by atoms with E-state index in [2.05, 4.69) is 16.0 Å². The van der Waals surface area contributed by atoms with Gasteiger partial charge in [-0.15, -0.1) is 0 Å². The Bertz CT molecular complexity index is 874. The van der Waals surface area contributed by atoms with E-state index in [-0.39, 0.29) is 0 Å². The van der Waals surface area contributed by atoms with Crippen LogP contribution >= 0.6 is 0 Å². The topological polar surface area (TPSA) is 87.7 Å². The third kappa shape index (κ3) is 1.98. The molecule has 0 aliphatic carbocycles. The van der Waals surface area contributed by atoms with Crippen molar-refractivity contribution >= 4 is 16.6 Å². The maximum atomic E-state index is 9.33. The van der Waals surface area contributed by atoms with E-state index >= 15 is 0 Å². The van der Waals surface area contributed by atoms with Crippen molar-refractivity contribution in [3.8, 4) is 23.1 Å². The van der Waals surface area contributed by atoms with Gasteiger partial charge in [-0.25, -0.2) is 0 Å². The Labute approximate surface area is 122 Å². The van der Waals surface area contributed by atoms with Crippen LogP contribution in [0.15, 0.2) is 30.5 Å². The highest BCUT2D eigenvalue weighted by molar-refractivity contribution is 5.98. The molecule has 0 amide bonds. The summed E-state index contributed by atoms with van der Waals surface area (Å²) in [6.45, 7) is 1.87. The number of ether oxygens (including phenoxy) is 1. The van der Waals surface area contributed by atoms with Gasteiger partial charge in [-0.05, 0) is 31.2 Å². The first kappa shape index (κ1) is 13.0. The summed E-state index contributed by atoms with van der Waals surface area (Å²) in [5.74, 6) is 0.555. The number of H-pyrrole nitrogens is 1. The first-order valence-corrected chi connectivity index (χ1v) is 6.47. The molecule has 3 aromatic rings. The highest BCUT2D eigenvalue weighted by atomic mass is 16.5. The fourth-order valence-corrected chi connectivity index (χ4v) is 2.39. The van der Waals surface area contributed by atoms with E-state index in [9.17, 15) is 5.26 Å². The fraction of sp³-hybridized carbons (Fsp3) is 0.125. The Balaban J connectivity index is 2.26. The number of hydrogen-bond donors (Lipinski definition) is 2. The molecule has 0 unspecified atom stereocenters. The Morgan fingerprint density at radius 3 is 2.76 bits per heavy atom. The van der Waals surface area contributed by atoms with E-state index in [1.54, 1.807) is 13.2 Å². The Kier molecular flexibility index (Phi) is 2.99. The first-order chi connectivity index (χ1) is 10.2. The summed E-state index contributed by atoms with van der Waals surface area (Å²) >= 11 is 0. The summed E-state index contributed by atoms with van der Waals surface area (Å²) in [4.78, 5) is 7.65. The number of rotatable bonds is 2. The van der Waals surface area contributed by atoms with Gasteiger partial charge in [0.2, 0.25) is 0 Å². The summed E-state index contributed by atoms with van der Waals surface area (Å²) in [5.41, 5.74) is 10.3. The number of fused-ring (bicyclic) bond motifs is 1. The van der Waals surface area contributed by atoms with Gasteiger partial charge in [0.05, 0.1) is 29.7 Å². The van der Waals surface area contributed by atoms with Gasteiger partial charge in [0.25, 0.3) is 0 Å². The molecule has 0 radical (unpaired) electrons. The maximum Gasteiger partial charge on any atom is 0.138 e. The Morgan fingerprint density at radius 1 is 1.29 bits per heavy atom. The number of aromatic nitrogens is 2. The lowest BCUT2D eigenvalue weighted by molar-refractivity contribution is 0.414. The van der Waals surface area contributed by atoms with Crippen molar-refractivity contribution in [1.29, 1.82) is 5.26 Å². The fourth-order valence-electron chi connectivity index (χ4n) is 2.39. The predicted octanol–water partition coefficient (Wildman–Crippen LogP) is 3.00. The van der Waals surface area contributed by atoms with Crippen LogP contribution in [0.5, 0.6) is 5.75 Å². The second-order valence-corrected chi connectivity index (χ2v) is 4.75. The Morgan fingerprint density at radius 2 is 2.10 bits per heavy atom. The smallest absolute Gasteiger partial charge is 0.138 e. The number of hydrogen-bond acceptors (Lipinski definition) is 4. The van der Waals surface area contributed by atoms with E-state index < -0.39 is 0 Å². The van der Waals surface area contributed by atoms with Crippen LogP contribution in [-0.2, 0) is 0 Å². The third-order valence-corrected chi connectivity index (χ3v) is 3.55. The lowest BCUT2D eigenvalue weighted by Crippen LogP contribution is -1.94.